The molecule has 1 aromatic carbocycles. The molecular weight excluding hydrogens is 322 g/mol. The number of hydrogen-bond donors (Lipinski definition) is 2. The molecule has 0 saturated carbocycles. The maximum atomic E-state index is 12.6. The average Bonchev–Trinajstić information content (AvgIpc) is 3.24. The van der Waals surface area contributed by atoms with E-state index in [1.807, 2.05) is 6.92 Å². The van der Waals surface area contributed by atoms with E-state index < -0.39 is 6.04 Å². The number of carbonyl (C=O) groups excluding carboxylic acids is 2. The molecule has 2 aliphatic rings. The monoisotopic (exact) mass is 347 g/mol. The van der Waals surface area contributed by atoms with Crippen LogP contribution in [0, 0.1) is 0 Å². The van der Waals surface area contributed by atoms with E-state index in [0.717, 1.165) is 25.9 Å². The summed E-state index contributed by atoms with van der Waals surface area (Å²) in [6.45, 7) is 6.18. The van der Waals surface area contributed by atoms with Crippen molar-refractivity contribution >= 4 is 11.7 Å². The van der Waals surface area contributed by atoms with Crippen LogP contribution in [-0.4, -0.2) is 55.2 Å². The van der Waals surface area contributed by atoms with Gasteiger partial charge in [0.15, 0.2) is 17.3 Å². The molecule has 0 aliphatic carbocycles. The molecule has 7 heteroatoms. The van der Waals surface area contributed by atoms with Crippen molar-refractivity contribution in [3.63, 3.8) is 0 Å². The molecule has 2 aliphatic heterocycles. The van der Waals surface area contributed by atoms with E-state index >= 15 is 0 Å². The zero-order valence-corrected chi connectivity index (χ0v) is 14.7. The second kappa shape index (κ2) is 7.84. The van der Waals surface area contributed by atoms with Gasteiger partial charge >= 0.3 is 0 Å². The smallest absolute Gasteiger partial charge is 0.235 e. The molecule has 1 amide bonds. The van der Waals surface area contributed by atoms with Crippen LogP contribution in [0.1, 0.15) is 37.0 Å². The second-order valence-corrected chi connectivity index (χ2v) is 6.59. The van der Waals surface area contributed by atoms with Gasteiger partial charge in [-0.05, 0) is 58.0 Å². The number of rotatable bonds is 7. The third kappa shape index (κ3) is 4.49. The van der Waals surface area contributed by atoms with Gasteiger partial charge in [-0.1, -0.05) is 0 Å². The van der Waals surface area contributed by atoms with Crippen LogP contribution in [0.25, 0.3) is 0 Å². The molecule has 3 rings (SSSR count). The number of ether oxygens (including phenoxy) is 2. The highest BCUT2D eigenvalue weighted by Crippen LogP contribution is 2.32. The Balaban J connectivity index is 1.49. The van der Waals surface area contributed by atoms with Crippen molar-refractivity contribution in [2.75, 3.05) is 26.4 Å². The fourth-order valence-corrected chi connectivity index (χ4v) is 3.22. The van der Waals surface area contributed by atoms with Crippen LogP contribution in [-0.2, 0) is 4.79 Å². The highest BCUT2D eigenvalue weighted by atomic mass is 16.7. The van der Waals surface area contributed by atoms with Crippen molar-refractivity contribution in [2.24, 2.45) is 0 Å². The SMILES string of the molecule is CC(NC(=O)CN1CCCC1)NC(C)C(=O)c1ccc2c(c1)OCO2. The lowest BCUT2D eigenvalue weighted by Gasteiger charge is -2.22. The predicted octanol–water partition coefficient (Wildman–Crippen LogP) is 1.13. The van der Waals surface area contributed by atoms with Gasteiger partial charge in [0.05, 0.1) is 18.8 Å². The van der Waals surface area contributed by atoms with Gasteiger partial charge in [-0.3, -0.25) is 19.8 Å². The zero-order chi connectivity index (χ0) is 17.8. The molecule has 0 radical (unpaired) electrons. The van der Waals surface area contributed by atoms with Crippen molar-refractivity contribution in [1.29, 1.82) is 0 Å². The Hall–Kier alpha value is -2.12. The summed E-state index contributed by atoms with van der Waals surface area (Å²) in [5.41, 5.74) is 0.555. The number of Topliss-reactive ketones (excluding diaryl/α,β-unsaturated/α-hetero) is 1. The van der Waals surface area contributed by atoms with Gasteiger partial charge in [0.1, 0.15) is 0 Å². The summed E-state index contributed by atoms with van der Waals surface area (Å²) < 4.78 is 10.6. The number of likely N-dealkylation sites (tertiary alicyclic amines) is 1. The molecule has 0 spiro atoms. The third-order valence-electron chi connectivity index (χ3n) is 4.49. The third-order valence-corrected chi connectivity index (χ3v) is 4.49. The molecule has 25 heavy (non-hydrogen) atoms. The van der Waals surface area contributed by atoms with Gasteiger partial charge in [0, 0.05) is 5.56 Å². The maximum absolute atomic E-state index is 12.6. The number of nitrogens with one attached hydrogen (secondary N) is 2. The minimum atomic E-state index is -0.428. The summed E-state index contributed by atoms with van der Waals surface area (Å²) in [7, 11) is 0. The van der Waals surface area contributed by atoms with E-state index in [4.69, 9.17) is 9.47 Å². The van der Waals surface area contributed by atoms with Crippen LogP contribution in [0.2, 0.25) is 0 Å². The largest absolute Gasteiger partial charge is 0.454 e. The van der Waals surface area contributed by atoms with Crippen LogP contribution < -0.4 is 20.1 Å². The van der Waals surface area contributed by atoms with Gasteiger partial charge in [-0.25, -0.2) is 0 Å². The molecule has 1 aromatic rings. The molecule has 2 atom stereocenters. The number of ketones is 1. The Morgan fingerprint density at radius 2 is 1.88 bits per heavy atom. The first-order valence-corrected chi connectivity index (χ1v) is 8.74. The molecule has 136 valence electrons. The van der Waals surface area contributed by atoms with Crippen LogP contribution >= 0.6 is 0 Å². The molecule has 2 N–H and O–H groups in total. The van der Waals surface area contributed by atoms with Gasteiger partial charge in [0.25, 0.3) is 0 Å². The molecule has 2 heterocycles. The number of amides is 1. The van der Waals surface area contributed by atoms with E-state index in [9.17, 15) is 9.59 Å². The van der Waals surface area contributed by atoms with Crippen LogP contribution in [0.15, 0.2) is 18.2 Å². The molecule has 2 unspecified atom stereocenters. The normalized spacial score (nSPS) is 18.8. The van der Waals surface area contributed by atoms with E-state index in [1.165, 1.54) is 0 Å². The summed E-state index contributed by atoms with van der Waals surface area (Å²) >= 11 is 0. The fourth-order valence-electron chi connectivity index (χ4n) is 3.22. The first kappa shape index (κ1) is 17.7. The van der Waals surface area contributed by atoms with E-state index in [1.54, 1.807) is 25.1 Å². The molecule has 1 saturated heterocycles. The van der Waals surface area contributed by atoms with Crippen molar-refractivity contribution in [3.8, 4) is 11.5 Å². The average molecular weight is 347 g/mol. The van der Waals surface area contributed by atoms with E-state index in [2.05, 4.69) is 15.5 Å². The molecule has 0 bridgehead atoms. The molecule has 7 nitrogen and oxygen atoms in total. The first-order chi connectivity index (χ1) is 12.0. The van der Waals surface area contributed by atoms with Crippen LogP contribution in [0.3, 0.4) is 0 Å². The molecular formula is C18H25N3O4. The lowest BCUT2D eigenvalue weighted by molar-refractivity contribution is -0.122. The maximum Gasteiger partial charge on any atom is 0.235 e. The Kier molecular flexibility index (Phi) is 5.55. The lowest BCUT2D eigenvalue weighted by atomic mass is 10.0. The number of fused-ring (bicyclic) bond motifs is 1. The minimum Gasteiger partial charge on any atom is -0.454 e. The lowest BCUT2D eigenvalue weighted by Crippen LogP contribution is -2.51. The number of nitrogens with zero attached hydrogens (tertiary/aromatic N) is 1. The Morgan fingerprint density at radius 1 is 1.16 bits per heavy atom. The van der Waals surface area contributed by atoms with Crippen molar-refractivity contribution < 1.29 is 19.1 Å². The summed E-state index contributed by atoms with van der Waals surface area (Å²) in [6, 6.07) is 4.73. The highest BCUT2D eigenvalue weighted by molar-refractivity contribution is 6.00. The standard InChI is InChI=1S/C18H25N3O4/c1-12(18(23)14-5-6-15-16(9-14)25-11-24-15)19-13(2)20-17(22)10-21-7-3-4-8-21/h5-6,9,12-13,19H,3-4,7-8,10-11H2,1-2H3,(H,20,22). The van der Waals surface area contributed by atoms with Crippen molar-refractivity contribution in [3.05, 3.63) is 23.8 Å². The van der Waals surface area contributed by atoms with E-state index in [0.29, 0.717) is 23.6 Å². The quantitative estimate of drug-likeness (QED) is 0.569. The Morgan fingerprint density at radius 3 is 2.64 bits per heavy atom. The zero-order valence-electron chi connectivity index (χ0n) is 14.7. The summed E-state index contributed by atoms with van der Waals surface area (Å²) in [4.78, 5) is 26.8. The number of benzene rings is 1. The topological polar surface area (TPSA) is 79.9 Å². The fraction of sp³-hybridized carbons (Fsp3) is 0.556. The van der Waals surface area contributed by atoms with E-state index in [-0.39, 0.29) is 24.6 Å². The van der Waals surface area contributed by atoms with Gasteiger partial charge in [0.2, 0.25) is 12.7 Å². The molecule has 1 fully saturated rings. The Labute approximate surface area is 147 Å². The number of hydrogen-bond acceptors (Lipinski definition) is 6. The first-order valence-electron chi connectivity index (χ1n) is 8.74. The van der Waals surface area contributed by atoms with Crippen LogP contribution in [0.4, 0.5) is 0 Å². The summed E-state index contributed by atoms with van der Waals surface area (Å²) in [6.07, 6.45) is 2.02. The van der Waals surface area contributed by atoms with Gasteiger partial charge in [-0.15, -0.1) is 0 Å². The van der Waals surface area contributed by atoms with Crippen molar-refractivity contribution in [1.82, 2.24) is 15.5 Å². The van der Waals surface area contributed by atoms with Crippen molar-refractivity contribution in [2.45, 2.75) is 38.9 Å². The summed E-state index contributed by atoms with van der Waals surface area (Å²) in [5.74, 6) is 1.16. The number of carbonyl (C=O) groups is 2. The predicted molar refractivity (Wildman–Crippen MR) is 92.8 cm³/mol. The molecule has 0 aromatic heterocycles. The highest BCUT2D eigenvalue weighted by Gasteiger charge is 2.22. The van der Waals surface area contributed by atoms with Crippen LogP contribution in [0.5, 0.6) is 11.5 Å². The summed E-state index contributed by atoms with van der Waals surface area (Å²) in [5, 5.41) is 6.03. The Bertz CT molecular complexity index is 643. The minimum absolute atomic E-state index is 0.0235. The van der Waals surface area contributed by atoms with Gasteiger partial charge < -0.3 is 14.8 Å². The second-order valence-electron chi connectivity index (χ2n) is 6.59. The van der Waals surface area contributed by atoms with Gasteiger partial charge in [-0.2, -0.15) is 0 Å².